The molecule has 0 radical (unpaired) electrons. The molecular weight excluding hydrogens is 176 g/mol. The maximum atomic E-state index is 10.9. The zero-order chi connectivity index (χ0) is 9.80. The first-order valence-electron chi connectivity index (χ1n) is 4.35. The van der Waals surface area contributed by atoms with Gasteiger partial charge in [-0.15, -0.1) is 0 Å². The van der Waals surface area contributed by atoms with E-state index in [4.69, 9.17) is 0 Å². The summed E-state index contributed by atoms with van der Waals surface area (Å²) in [4.78, 5) is 10.9. The van der Waals surface area contributed by atoms with Crippen LogP contribution in [0.25, 0.3) is 6.08 Å². The van der Waals surface area contributed by atoms with Crippen LogP contribution in [0.5, 0.6) is 0 Å². The second-order valence-electron chi connectivity index (χ2n) is 2.94. The van der Waals surface area contributed by atoms with Gasteiger partial charge in [-0.1, -0.05) is 30.3 Å². The smallest absolute Gasteiger partial charge is 0.314 e. The molecule has 1 aromatic carbocycles. The lowest BCUT2D eigenvalue weighted by molar-refractivity contribution is 0.246. The molecule has 0 aliphatic carbocycles. The fraction of sp³-hybridized carbons (Fsp3) is 0. The van der Waals surface area contributed by atoms with E-state index in [1.165, 1.54) is 0 Å². The molecule has 2 amide bonds. The van der Waals surface area contributed by atoms with Crippen LogP contribution in [0.3, 0.4) is 0 Å². The molecule has 2 rings (SSSR count). The van der Waals surface area contributed by atoms with Crippen LogP contribution in [0.4, 0.5) is 4.79 Å². The van der Waals surface area contributed by atoms with E-state index in [1.807, 2.05) is 42.5 Å². The predicted molar refractivity (Wildman–Crippen MR) is 55.2 cm³/mol. The summed E-state index contributed by atoms with van der Waals surface area (Å²) in [5.74, 6) is 0. The summed E-state index contributed by atoms with van der Waals surface area (Å²) in [7, 11) is 0. The molecule has 1 heterocycles. The Morgan fingerprint density at radius 1 is 1.14 bits per heavy atom. The number of allylic oxidation sites excluding steroid dienone is 1. The molecule has 3 nitrogen and oxygen atoms in total. The van der Waals surface area contributed by atoms with Crippen molar-refractivity contribution < 1.29 is 4.79 Å². The Labute approximate surface area is 82.1 Å². The maximum absolute atomic E-state index is 10.9. The van der Waals surface area contributed by atoms with Crippen LogP contribution in [0, 0.1) is 0 Å². The highest BCUT2D eigenvalue weighted by Gasteiger charge is 2.04. The van der Waals surface area contributed by atoms with E-state index in [-0.39, 0.29) is 6.03 Å². The van der Waals surface area contributed by atoms with Crippen molar-refractivity contribution in [2.24, 2.45) is 0 Å². The number of carbonyl (C=O) groups excluding carboxylic acids is 1. The lowest BCUT2D eigenvalue weighted by Gasteiger charge is -2.10. The molecule has 3 heteroatoms. The predicted octanol–water partition coefficient (Wildman–Crippen LogP) is 1.85. The van der Waals surface area contributed by atoms with Crippen LogP contribution >= 0.6 is 0 Å². The van der Waals surface area contributed by atoms with E-state index in [9.17, 15) is 4.79 Å². The van der Waals surface area contributed by atoms with Crippen LogP contribution in [0.2, 0.25) is 0 Å². The van der Waals surface area contributed by atoms with Crippen LogP contribution in [-0.4, -0.2) is 6.03 Å². The van der Waals surface area contributed by atoms with Gasteiger partial charge in [0.15, 0.2) is 0 Å². The third kappa shape index (κ3) is 2.01. The minimum atomic E-state index is -0.199. The zero-order valence-electron chi connectivity index (χ0n) is 7.53. The second-order valence-corrected chi connectivity index (χ2v) is 2.94. The first-order chi connectivity index (χ1) is 6.84. The molecule has 0 saturated carbocycles. The highest BCUT2D eigenvalue weighted by Crippen LogP contribution is 2.06. The Kier molecular flexibility index (Phi) is 2.32. The lowest BCUT2D eigenvalue weighted by atomic mass is 10.2. The largest absolute Gasteiger partial charge is 0.323 e. The number of urea groups is 1. The fourth-order valence-electron chi connectivity index (χ4n) is 1.23. The van der Waals surface area contributed by atoms with E-state index in [0.29, 0.717) is 0 Å². The van der Waals surface area contributed by atoms with Crippen molar-refractivity contribution in [2.75, 3.05) is 0 Å². The fourth-order valence-corrected chi connectivity index (χ4v) is 1.23. The van der Waals surface area contributed by atoms with Gasteiger partial charge in [-0.05, 0) is 17.7 Å². The lowest BCUT2D eigenvalue weighted by Crippen LogP contribution is -2.34. The molecule has 1 aliphatic rings. The molecule has 1 aliphatic heterocycles. The molecule has 70 valence electrons. The average molecular weight is 186 g/mol. The zero-order valence-corrected chi connectivity index (χ0v) is 7.53. The highest BCUT2D eigenvalue weighted by molar-refractivity contribution is 5.81. The second kappa shape index (κ2) is 3.79. The molecule has 0 aromatic heterocycles. The SMILES string of the molecule is O=C1NC=CC(=Cc2ccccc2)N1. The third-order valence-corrected chi connectivity index (χ3v) is 1.86. The molecule has 0 saturated heterocycles. The first-order valence-corrected chi connectivity index (χ1v) is 4.35. The number of rotatable bonds is 1. The summed E-state index contributed by atoms with van der Waals surface area (Å²) in [5.41, 5.74) is 1.86. The monoisotopic (exact) mass is 186 g/mol. The molecule has 0 fully saturated rings. The molecule has 0 unspecified atom stereocenters. The van der Waals surface area contributed by atoms with Gasteiger partial charge in [-0.3, -0.25) is 0 Å². The van der Waals surface area contributed by atoms with Gasteiger partial charge in [-0.2, -0.15) is 0 Å². The summed E-state index contributed by atoms with van der Waals surface area (Å²) in [5, 5.41) is 5.22. The van der Waals surface area contributed by atoms with E-state index in [1.54, 1.807) is 6.20 Å². The normalized spacial score (nSPS) is 17.7. The Balaban J connectivity index is 2.23. The Morgan fingerprint density at radius 2 is 1.93 bits per heavy atom. The molecular formula is C11H10N2O. The maximum Gasteiger partial charge on any atom is 0.323 e. The van der Waals surface area contributed by atoms with E-state index >= 15 is 0 Å². The van der Waals surface area contributed by atoms with Gasteiger partial charge in [-0.25, -0.2) is 4.79 Å². The molecule has 2 N–H and O–H groups in total. The number of hydrogen-bond donors (Lipinski definition) is 2. The Bertz CT molecular complexity index is 393. The first kappa shape index (κ1) is 8.56. The minimum absolute atomic E-state index is 0.199. The molecule has 0 bridgehead atoms. The topological polar surface area (TPSA) is 41.1 Å². The Hall–Kier alpha value is -2.03. The summed E-state index contributed by atoms with van der Waals surface area (Å²) < 4.78 is 0. The van der Waals surface area contributed by atoms with Crippen molar-refractivity contribution in [1.82, 2.24) is 10.6 Å². The van der Waals surface area contributed by atoms with Crippen molar-refractivity contribution >= 4 is 12.1 Å². The standard InChI is InChI=1S/C11H10N2O/c14-11-12-7-6-10(13-11)8-9-4-2-1-3-5-9/h1-8H,(H2,12,13,14). The van der Waals surface area contributed by atoms with Crippen LogP contribution < -0.4 is 10.6 Å². The van der Waals surface area contributed by atoms with Crippen molar-refractivity contribution in [3.8, 4) is 0 Å². The number of amides is 2. The summed E-state index contributed by atoms with van der Waals surface area (Å²) in [6.45, 7) is 0. The molecule has 14 heavy (non-hydrogen) atoms. The van der Waals surface area contributed by atoms with Crippen molar-refractivity contribution in [2.45, 2.75) is 0 Å². The van der Waals surface area contributed by atoms with Gasteiger partial charge in [0.25, 0.3) is 0 Å². The van der Waals surface area contributed by atoms with Gasteiger partial charge in [0.1, 0.15) is 0 Å². The third-order valence-electron chi connectivity index (χ3n) is 1.86. The van der Waals surface area contributed by atoms with Gasteiger partial charge in [0, 0.05) is 11.9 Å². The summed E-state index contributed by atoms with van der Waals surface area (Å²) in [6, 6.07) is 9.63. The van der Waals surface area contributed by atoms with E-state index < -0.39 is 0 Å². The van der Waals surface area contributed by atoms with Crippen molar-refractivity contribution in [1.29, 1.82) is 0 Å². The molecule has 1 aromatic rings. The summed E-state index contributed by atoms with van der Waals surface area (Å²) in [6.07, 6.45) is 5.34. The Morgan fingerprint density at radius 3 is 2.64 bits per heavy atom. The quantitative estimate of drug-likeness (QED) is 0.690. The molecule has 0 atom stereocenters. The van der Waals surface area contributed by atoms with Gasteiger partial charge in [0.2, 0.25) is 0 Å². The number of carbonyl (C=O) groups is 1. The minimum Gasteiger partial charge on any atom is -0.314 e. The van der Waals surface area contributed by atoms with Gasteiger partial charge >= 0.3 is 6.03 Å². The number of nitrogens with one attached hydrogen (secondary N) is 2. The van der Waals surface area contributed by atoms with Gasteiger partial charge in [0.05, 0.1) is 0 Å². The van der Waals surface area contributed by atoms with Crippen LogP contribution in [0.15, 0.2) is 48.3 Å². The van der Waals surface area contributed by atoms with Crippen molar-refractivity contribution in [3.63, 3.8) is 0 Å². The highest BCUT2D eigenvalue weighted by atomic mass is 16.2. The van der Waals surface area contributed by atoms with Crippen LogP contribution in [-0.2, 0) is 0 Å². The summed E-state index contributed by atoms with van der Waals surface area (Å²) >= 11 is 0. The number of hydrogen-bond acceptors (Lipinski definition) is 1. The van der Waals surface area contributed by atoms with Crippen molar-refractivity contribution in [3.05, 3.63) is 53.9 Å². The van der Waals surface area contributed by atoms with E-state index in [2.05, 4.69) is 10.6 Å². The van der Waals surface area contributed by atoms with E-state index in [0.717, 1.165) is 11.3 Å². The molecule has 0 spiro atoms. The van der Waals surface area contributed by atoms with Crippen LogP contribution in [0.1, 0.15) is 5.56 Å². The van der Waals surface area contributed by atoms with Gasteiger partial charge < -0.3 is 10.6 Å². The number of benzene rings is 1. The average Bonchev–Trinajstić information content (AvgIpc) is 2.19.